The summed E-state index contributed by atoms with van der Waals surface area (Å²) >= 11 is 0. The van der Waals surface area contributed by atoms with Gasteiger partial charge < -0.3 is 5.73 Å². The van der Waals surface area contributed by atoms with Crippen LogP contribution in [-0.4, -0.2) is 17.5 Å². The molecule has 0 fully saturated rings. The fourth-order valence-corrected chi connectivity index (χ4v) is 0.794. The van der Waals surface area contributed by atoms with Gasteiger partial charge in [0.1, 0.15) is 5.78 Å². The zero-order chi connectivity index (χ0) is 9.72. The van der Waals surface area contributed by atoms with E-state index in [1.807, 2.05) is 13.8 Å². The third kappa shape index (κ3) is 4.60. The van der Waals surface area contributed by atoms with Crippen LogP contribution >= 0.6 is 0 Å². The Labute approximate surface area is 71.1 Å². The van der Waals surface area contributed by atoms with Crippen molar-refractivity contribution in [2.24, 2.45) is 11.7 Å². The molecule has 0 saturated carbocycles. The molecule has 2 N–H and O–H groups in total. The highest BCUT2D eigenvalue weighted by molar-refractivity contribution is 6.38. The summed E-state index contributed by atoms with van der Waals surface area (Å²) in [6, 6.07) is 0. The third-order valence-electron chi connectivity index (χ3n) is 1.27. The molecule has 0 saturated heterocycles. The van der Waals surface area contributed by atoms with E-state index < -0.39 is 11.7 Å². The lowest BCUT2D eigenvalue weighted by atomic mass is 10.0. The van der Waals surface area contributed by atoms with Crippen LogP contribution in [0.3, 0.4) is 0 Å². The SMILES string of the molecule is CC(C)CC(=O)CC(=O)C(N)=O. The van der Waals surface area contributed by atoms with E-state index in [-0.39, 0.29) is 18.1 Å². The number of nitrogens with two attached hydrogens (primary N) is 1. The number of ketones is 2. The summed E-state index contributed by atoms with van der Waals surface area (Å²) in [5.74, 6) is -1.86. The monoisotopic (exact) mass is 171 g/mol. The first-order chi connectivity index (χ1) is 5.43. The average molecular weight is 171 g/mol. The molecule has 0 aromatic rings. The van der Waals surface area contributed by atoms with Crippen LogP contribution < -0.4 is 5.73 Å². The Balaban J connectivity index is 3.85. The summed E-state index contributed by atoms with van der Waals surface area (Å²) < 4.78 is 0. The number of primary amides is 1. The van der Waals surface area contributed by atoms with Crippen molar-refractivity contribution in [2.45, 2.75) is 26.7 Å². The molecule has 0 unspecified atom stereocenters. The molecule has 4 heteroatoms. The molecule has 4 nitrogen and oxygen atoms in total. The molecule has 0 aromatic heterocycles. The lowest BCUT2D eigenvalue weighted by molar-refractivity contribution is -0.138. The normalized spacial score (nSPS) is 9.92. The molecule has 0 rings (SSSR count). The number of amides is 1. The second-order valence-electron chi connectivity index (χ2n) is 3.10. The number of hydrogen-bond acceptors (Lipinski definition) is 3. The van der Waals surface area contributed by atoms with Gasteiger partial charge in [-0.15, -0.1) is 0 Å². The number of Topliss-reactive ketones (excluding diaryl/α,β-unsaturated/α-hetero) is 2. The minimum Gasteiger partial charge on any atom is -0.363 e. The minimum atomic E-state index is -1.04. The van der Waals surface area contributed by atoms with Crippen LogP contribution in [0.15, 0.2) is 0 Å². The largest absolute Gasteiger partial charge is 0.363 e. The van der Waals surface area contributed by atoms with Gasteiger partial charge in [0.15, 0.2) is 0 Å². The summed E-state index contributed by atoms with van der Waals surface area (Å²) in [5.41, 5.74) is 4.67. The quantitative estimate of drug-likeness (QED) is 0.469. The van der Waals surface area contributed by atoms with Crippen LogP contribution in [0.5, 0.6) is 0 Å². The second kappa shape index (κ2) is 4.64. The average Bonchev–Trinajstić information content (AvgIpc) is 1.84. The molecule has 68 valence electrons. The zero-order valence-electron chi connectivity index (χ0n) is 7.29. The van der Waals surface area contributed by atoms with Gasteiger partial charge in [0.25, 0.3) is 5.91 Å². The second-order valence-corrected chi connectivity index (χ2v) is 3.10. The predicted molar refractivity (Wildman–Crippen MR) is 43.3 cm³/mol. The lowest BCUT2D eigenvalue weighted by Gasteiger charge is -2.00. The molecule has 0 aliphatic heterocycles. The molecule has 0 radical (unpaired) electrons. The molecule has 0 aromatic carbocycles. The highest BCUT2D eigenvalue weighted by Crippen LogP contribution is 2.02. The molecular formula is C8H13NO3. The number of rotatable bonds is 5. The van der Waals surface area contributed by atoms with Gasteiger partial charge in [-0.2, -0.15) is 0 Å². The summed E-state index contributed by atoms with van der Waals surface area (Å²) in [4.78, 5) is 31.8. The van der Waals surface area contributed by atoms with Crippen LogP contribution in [0.1, 0.15) is 26.7 Å². The fraction of sp³-hybridized carbons (Fsp3) is 0.625. The fourth-order valence-electron chi connectivity index (χ4n) is 0.794. The molecule has 0 spiro atoms. The van der Waals surface area contributed by atoms with Gasteiger partial charge in [-0.3, -0.25) is 14.4 Å². The van der Waals surface area contributed by atoms with Gasteiger partial charge >= 0.3 is 0 Å². The van der Waals surface area contributed by atoms with Crippen molar-refractivity contribution in [1.82, 2.24) is 0 Å². The van der Waals surface area contributed by atoms with Crippen LogP contribution in [0.25, 0.3) is 0 Å². The number of carbonyl (C=O) groups excluding carboxylic acids is 3. The minimum absolute atomic E-state index is 0.207. The third-order valence-corrected chi connectivity index (χ3v) is 1.27. The maximum Gasteiger partial charge on any atom is 0.285 e. The smallest absolute Gasteiger partial charge is 0.285 e. The van der Waals surface area contributed by atoms with Crippen molar-refractivity contribution in [3.63, 3.8) is 0 Å². The topological polar surface area (TPSA) is 77.2 Å². The van der Waals surface area contributed by atoms with E-state index in [1.165, 1.54) is 0 Å². The molecule has 12 heavy (non-hydrogen) atoms. The Morgan fingerprint density at radius 2 is 1.75 bits per heavy atom. The summed E-state index contributed by atoms with van der Waals surface area (Å²) in [5, 5.41) is 0. The Kier molecular flexibility index (Phi) is 4.18. The van der Waals surface area contributed by atoms with Crippen molar-refractivity contribution in [3.05, 3.63) is 0 Å². The number of carbonyl (C=O) groups is 3. The highest BCUT2D eigenvalue weighted by atomic mass is 16.2. The molecule has 0 atom stereocenters. The van der Waals surface area contributed by atoms with Crippen LogP contribution in [0.4, 0.5) is 0 Å². The van der Waals surface area contributed by atoms with E-state index in [1.54, 1.807) is 0 Å². The van der Waals surface area contributed by atoms with Crippen molar-refractivity contribution in [3.8, 4) is 0 Å². The number of hydrogen-bond donors (Lipinski definition) is 1. The Bertz CT molecular complexity index is 208. The highest BCUT2D eigenvalue weighted by Gasteiger charge is 2.14. The predicted octanol–water partition coefficient (Wildman–Crippen LogP) is 0.0461. The zero-order valence-corrected chi connectivity index (χ0v) is 7.29. The lowest BCUT2D eigenvalue weighted by Crippen LogP contribution is -2.25. The Morgan fingerprint density at radius 3 is 2.08 bits per heavy atom. The Hall–Kier alpha value is -1.19. The summed E-state index contributed by atoms with van der Waals surface area (Å²) in [6.45, 7) is 3.74. The molecule has 0 heterocycles. The first kappa shape index (κ1) is 10.8. The molecule has 0 aliphatic rings. The molecule has 0 bridgehead atoms. The van der Waals surface area contributed by atoms with Gasteiger partial charge in [0, 0.05) is 6.42 Å². The van der Waals surface area contributed by atoms with Gasteiger partial charge in [-0.05, 0) is 5.92 Å². The van der Waals surface area contributed by atoms with E-state index >= 15 is 0 Å². The molecule has 1 amide bonds. The van der Waals surface area contributed by atoms with Gasteiger partial charge in [-0.25, -0.2) is 0 Å². The van der Waals surface area contributed by atoms with Gasteiger partial charge in [-0.1, -0.05) is 13.8 Å². The summed E-state index contributed by atoms with van der Waals surface area (Å²) in [7, 11) is 0. The molecule has 0 aliphatic carbocycles. The maximum atomic E-state index is 10.9. The van der Waals surface area contributed by atoms with Crippen LogP contribution in [0.2, 0.25) is 0 Å². The van der Waals surface area contributed by atoms with Crippen molar-refractivity contribution < 1.29 is 14.4 Å². The Morgan fingerprint density at radius 1 is 1.25 bits per heavy atom. The van der Waals surface area contributed by atoms with Gasteiger partial charge in [0.2, 0.25) is 5.78 Å². The standard InChI is InChI=1S/C8H13NO3/c1-5(2)3-6(10)4-7(11)8(9)12/h5H,3-4H2,1-2H3,(H2,9,12). The van der Waals surface area contributed by atoms with E-state index in [4.69, 9.17) is 0 Å². The van der Waals surface area contributed by atoms with Crippen LogP contribution in [-0.2, 0) is 14.4 Å². The van der Waals surface area contributed by atoms with Gasteiger partial charge in [0.05, 0.1) is 6.42 Å². The first-order valence-electron chi connectivity index (χ1n) is 3.77. The van der Waals surface area contributed by atoms with Crippen LogP contribution in [0, 0.1) is 5.92 Å². The summed E-state index contributed by atoms with van der Waals surface area (Å²) in [6.07, 6.45) is -0.0352. The molecular weight excluding hydrogens is 158 g/mol. The van der Waals surface area contributed by atoms with Crippen molar-refractivity contribution in [2.75, 3.05) is 0 Å². The van der Waals surface area contributed by atoms with Crippen molar-refractivity contribution >= 4 is 17.5 Å². The van der Waals surface area contributed by atoms with E-state index in [0.29, 0.717) is 6.42 Å². The maximum absolute atomic E-state index is 10.9. The van der Waals surface area contributed by atoms with Crippen molar-refractivity contribution in [1.29, 1.82) is 0 Å². The van der Waals surface area contributed by atoms with E-state index in [2.05, 4.69) is 5.73 Å². The first-order valence-corrected chi connectivity index (χ1v) is 3.77. The van der Waals surface area contributed by atoms with E-state index in [0.717, 1.165) is 0 Å². The van der Waals surface area contributed by atoms with E-state index in [9.17, 15) is 14.4 Å².